The highest BCUT2D eigenvalue weighted by molar-refractivity contribution is 7.89. The van der Waals surface area contributed by atoms with Crippen LogP contribution in [-0.4, -0.2) is 75.5 Å². The Morgan fingerprint density at radius 1 is 0.743 bits per heavy atom. The second kappa shape index (κ2) is 10.4. The number of hydrogen-bond donors (Lipinski definition) is 0. The molecule has 2 aromatic carbocycles. The number of carbonyl (C=O) groups excluding carboxylic acids is 1. The summed E-state index contributed by atoms with van der Waals surface area (Å²) in [6.07, 6.45) is 0.960. The maximum absolute atomic E-state index is 13.1. The summed E-state index contributed by atoms with van der Waals surface area (Å²) in [5.74, 6) is -0.280. The van der Waals surface area contributed by atoms with Gasteiger partial charge < -0.3 is 4.90 Å². The molecule has 1 amide bonds. The highest BCUT2D eigenvalue weighted by atomic mass is 32.2. The smallest absolute Gasteiger partial charge is 0.243 e. The predicted molar refractivity (Wildman–Crippen MR) is 135 cm³/mol. The average molecular weight is 520 g/mol. The summed E-state index contributed by atoms with van der Waals surface area (Å²) in [6, 6.07) is 14.3. The van der Waals surface area contributed by atoms with Gasteiger partial charge >= 0.3 is 0 Å². The van der Waals surface area contributed by atoms with Crippen LogP contribution in [-0.2, 0) is 30.6 Å². The van der Waals surface area contributed by atoms with Crippen molar-refractivity contribution < 1.29 is 21.6 Å². The Hall–Kier alpha value is -2.27. The number of carbonyl (C=O) groups is 1. The monoisotopic (exact) mass is 519 g/mol. The molecule has 0 atom stereocenters. The highest BCUT2D eigenvalue weighted by Crippen LogP contribution is 2.25. The lowest BCUT2D eigenvalue weighted by atomic mass is 9.96. The Kier molecular flexibility index (Phi) is 7.65. The first-order chi connectivity index (χ1) is 16.6. The largest absolute Gasteiger partial charge is 0.340 e. The SMILES string of the molecule is Cc1ccc(CS(=O)(=O)N2CCC(C(=O)N3CCN(S(=O)(=O)c4ccc(C)cc4)CC3)CC2)cc1. The fraction of sp³-hybridized carbons (Fsp3) is 0.480. The Labute approximate surface area is 208 Å². The molecule has 0 radical (unpaired) electrons. The molecule has 8 nitrogen and oxygen atoms in total. The van der Waals surface area contributed by atoms with Crippen molar-refractivity contribution in [2.45, 2.75) is 37.3 Å². The lowest BCUT2D eigenvalue weighted by Gasteiger charge is -2.38. The van der Waals surface area contributed by atoms with Gasteiger partial charge in [0.15, 0.2) is 0 Å². The molecule has 2 aliphatic rings. The van der Waals surface area contributed by atoms with Crippen LogP contribution in [0.2, 0.25) is 0 Å². The molecule has 2 heterocycles. The van der Waals surface area contributed by atoms with E-state index in [-0.39, 0.29) is 35.6 Å². The van der Waals surface area contributed by atoms with E-state index in [1.165, 1.54) is 8.61 Å². The summed E-state index contributed by atoms with van der Waals surface area (Å²) >= 11 is 0. The van der Waals surface area contributed by atoms with Crippen molar-refractivity contribution in [1.82, 2.24) is 13.5 Å². The van der Waals surface area contributed by atoms with Crippen LogP contribution in [0.3, 0.4) is 0 Å². The fourth-order valence-electron chi connectivity index (χ4n) is 4.63. The van der Waals surface area contributed by atoms with Crippen LogP contribution in [0.1, 0.15) is 29.5 Å². The van der Waals surface area contributed by atoms with E-state index in [1.807, 2.05) is 38.1 Å². The molecular weight excluding hydrogens is 486 g/mol. The van der Waals surface area contributed by atoms with Gasteiger partial charge in [-0.1, -0.05) is 47.5 Å². The molecule has 2 fully saturated rings. The molecule has 0 N–H and O–H groups in total. The van der Waals surface area contributed by atoms with Gasteiger partial charge in [-0.05, 0) is 44.4 Å². The molecule has 0 bridgehead atoms. The van der Waals surface area contributed by atoms with Crippen molar-refractivity contribution in [1.29, 1.82) is 0 Å². The van der Waals surface area contributed by atoms with Gasteiger partial charge in [-0.3, -0.25) is 4.79 Å². The third-order valence-corrected chi connectivity index (χ3v) is 10.6. The van der Waals surface area contributed by atoms with Gasteiger partial charge in [-0.2, -0.15) is 4.31 Å². The number of piperazine rings is 1. The maximum atomic E-state index is 13.1. The quantitative estimate of drug-likeness (QED) is 0.584. The molecule has 10 heteroatoms. The minimum Gasteiger partial charge on any atom is -0.340 e. The number of hydrogen-bond acceptors (Lipinski definition) is 5. The van der Waals surface area contributed by atoms with Gasteiger partial charge in [-0.25, -0.2) is 21.1 Å². The third kappa shape index (κ3) is 5.94. The Morgan fingerprint density at radius 3 is 1.80 bits per heavy atom. The molecule has 0 spiro atoms. The lowest BCUT2D eigenvalue weighted by Crippen LogP contribution is -2.53. The standard InChI is InChI=1S/C25H33N3O5S2/c1-20-3-7-22(8-4-20)19-34(30,31)27-13-11-23(12-14-27)25(29)26-15-17-28(18-16-26)35(32,33)24-9-5-21(2)6-10-24/h3-10,23H,11-19H2,1-2H3. The van der Waals surface area contributed by atoms with Gasteiger partial charge in [0, 0.05) is 45.2 Å². The first kappa shape index (κ1) is 25.8. The Bertz CT molecular complexity index is 1240. The highest BCUT2D eigenvalue weighted by Gasteiger charge is 2.35. The van der Waals surface area contributed by atoms with Crippen LogP contribution in [0, 0.1) is 19.8 Å². The second-order valence-corrected chi connectivity index (χ2v) is 13.4. The van der Waals surface area contributed by atoms with Crippen molar-refractivity contribution in [3.8, 4) is 0 Å². The van der Waals surface area contributed by atoms with Crippen molar-refractivity contribution in [2.75, 3.05) is 39.3 Å². The number of sulfonamides is 2. The van der Waals surface area contributed by atoms with E-state index in [0.29, 0.717) is 39.0 Å². The third-order valence-electron chi connectivity index (χ3n) is 6.88. The minimum absolute atomic E-state index is 0.00651. The summed E-state index contributed by atoms with van der Waals surface area (Å²) in [7, 11) is -7.02. The van der Waals surface area contributed by atoms with Crippen molar-refractivity contribution in [3.63, 3.8) is 0 Å². The van der Waals surface area contributed by atoms with Gasteiger partial charge in [0.1, 0.15) is 0 Å². The number of aryl methyl sites for hydroxylation is 2. The molecule has 2 aliphatic heterocycles. The van der Waals surface area contributed by atoms with Gasteiger partial charge in [-0.15, -0.1) is 0 Å². The molecule has 35 heavy (non-hydrogen) atoms. The van der Waals surface area contributed by atoms with Crippen LogP contribution in [0.15, 0.2) is 53.4 Å². The molecule has 0 saturated carbocycles. The molecule has 0 aliphatic carbocycles. The van der Waals surface area contributed by atoms with E-state index in [2.05, 4.69) is 0 Å². The molecule has 4 rings (SSSR count). The number of nitrogens with zero attached hydrogens (tertiary/aromatic N) is 3. The maximum Gasteiger partial charge on any atom is 0.243 e. The summed E-state index contributed by atoms with van der Waals surface area (Å²) in [5, 5.41) is 0. The summed E-state index contributed by atoms with van der Waals surface area (Å²) < 4.78 is 54.5. The molecule has 0 aromatic heterocycles. The van der Waals surface area contributed by atoms with E-state index in [4.69, 9.17) is 0 Å². The van der Waals surface area contributed by atoms with Gasteiger partial charge in [0.05, 0.1) is 10.6 Å². The number of amides is 1. The van der Waals surface area contributed by atoms with Gasteiger partial charge in [0.25, 0.3) is 0 Å². The fourth-order valence-corrected chi connectivity index (χ4v) is 7.62. The van der Waals surface area contributed by atoms with E-state index in [9.17, 15) is 21.6 Å². The Balaban J connectivity index is 1.29. The number of benzene rings is 2. The minimum atomic E-state index is -3.58. The molecule has 2 aromatic rings. The van der Waals surface area contributed by atoms with Crippen LogP contribution in [0.5, 0.6) is 0 Å². The van der Waals surface area contributed by atoms with Crippen LogP contribution < -0.4 is 0 Å². The summed E-state index contributed by atoms with van der Waals surface area (Å²) in [4.78, 5) is 15.1. The zero-order valence-corrected chi connectivity index (χ0v) is 21.9. The zero-order chi connectivity index (χ0) is 25.2. The van der Waals surface area contributed by atoms with E-state index in [0.717, 1.165) is 16.7 Å². The predicted octanol–water partition coefficient (Wildman–Crippen LogP) is 2.38. The van der Waals surface area contributed by atoms with Crippen LogP contribution in [0.25, 0.3) is 0 Å². The topological polar surface area (TPSA) is 95.1 Å². The van der Waals surface area contributed by atoms with Crippen molar-refractivity contribution in [2.24, 2.45) is 5.92 Å². The second-order valence-electron chi connectivity index (χ2n) is 9.46. The van der Waals surface area contributed by atoms with Crippen LogP contribution in [0.4, 0.5) is 0 Å². The van der Waals surface area contributed by atoms with Gasteiger partial charge in [0.2, 0.25) is 26.0 Å². The van der Waals surface area contributed by atoms with E-state index < -0.39 is 20.0 Å². The molecule has 190 valence electrons. The molecular formula is C25H33N3O5S2. The molecule has 2 saturated heterocycles. The average Bonchev–Trinajstić information content (AvgIpc) is 2.85. The van der Waals surface area contributed by atoms with E-state index >= 15 is 0 Å². The first-order valence-corrected chi connectivity index (χ1v) is 15.0. The van der Waals surface area contributed by atoms with Crippen molar-refractivity contribution >= 4 is 26.0 Å². The van der Waals surface area contributed by atoms with E-state index in [1.54, 1.807) is 29.2 Å². The van der Waals surface area contributed by atoms with Crippen LogP contribution >= 0.6 is 0 Å². The zero-order valence-electron chi connectivity index (χ0n) is 20.3. The number of rotatable bonds is 6. The lowest BCUT2D eigenvalue weighted by molar-refractivity contribution is -0.137. The Morgan fingerprint density at radius 2 is 1.26 bits per heavy atom. The number of piperidine rings is 1. The summed E-state index contributed by atoms with van der Waals surface area (Å²) in [5.41, 5.74) is 2.83. The first-order valence-electron chi connectivity index (χ1n) is 12.0. The normalized spacial score (nSPS) is 19.1. The summed E-state index contributed by atoms with van der Waals surface area (Å²) in [6.45, 7) is 5.72. The molecule has 0 unspecified atom stereocenters. The van der Waals surface area contributed by atoms with Crippen molar-refractivity contribution in [3.05, 3.63) is 65.2 Å².